The molecular formula is C19H23ClN4OS. The molecule has 5 nitrogen and oxygen atoms in total. The zero-order valence-corrected chi connectivity index (χ0v) is 16.7. The molecule has 1 amide bonds. The lowest BCUT2D eigenvalue weighted by atomic mass is 10.1. The Kier molecular flexibility index (Phi) is 6.38. The summed E-state index contributed by atoms with van der Waals surface area (Å²) in [6.07, 6.45) is 3.62. The molecule has 0 aliphatic carbocycles. The van der Waals surface area contributed by atoms with Crippen LogP contribution in [-0.2, 0) is 4.79 Å². The van der Waals surface area contributed by atoms with Gasteiger partial charge in [-0.1, -0.05) is 23.4 Å². The Morgan fingerprint density at radius 3 is 2.54 bits per heavy atom. The van der Waals surface area contributed by atoms with E-state index in [1.807, 2.05) is 38.1 Å². The largest absolute Gasteiger partial charge is 0.370 e. The summed E-state index contributed by atoms with van der Waals surface area (Å²) >= 11 is 7.49. The number of aryl methyl sites for hydroxylation is 2. The fourth-order valence-corrected chi connectivity index (χ4v) is 4.02. The molecule has 1 N–H and O–H groups in total. The molecule has 2 heterocycles. The number of piperidine rings is 1. The Morgan fingerprint density at radius 2 is 1.85 bits per heavy atom. The minimum Gasteiger partial charge on any atom is -0.370 e. The number of carbonyl (C=O) groups excluding carboxylic acids is 1. The van der Waals surface area contributed by atoms with Gasteiger partial charge in [-0.05, 0) is 57.4 Å². The minimum absolute atomic E-state index is 0.0849. The van der Waals surface area contributed by atoms with E-state index in [0.29, 0.717) is 10.2 Å². The summed E-state index contributed by atoms with van der Waals surface area (Å²) in [5.74, 6) is 0.174. The van der Waals surface area contributed by atoms with Crippen molar-refractivity contribution in [3.63, 3.8) is 0 Å². The van der Waals surface area contributed by atoms with Gasteiger partial charge >= 0.3 is 0 Å². The van der Waals surface area contributed by atoms with Gasteiger partial charge in [0.1, 0.15) is 0 Å². The number of carbonyl (C=O) groups is 1. The lowest BCUT2D eigenvalue weighted by molar-refractivity contribution is -0.113. The number of halogens is 1. The first kappa shape index (κ1) is 19.0. The highest BCUT2D eigenvalue weighted by Gasteiger charge is 2.16. The van der Waals surface area contributed by atoms with Crippen LogP contribution in [0.2, 0.25) is 5.02 Å². The highest BCUT2D eigenvalue weighted by atomic mass is 35.5. The highest BCUT2D eigenvalue weighted by molar-refractivity contribution is 7.99. The average molecular weight is 391 g/mol. The van der Waals surface area contributed by atoms with Crippen molar-refractivity contribution in [2.24, 2.45) is 0 Å². The monoisotopic (exact) mass is 390 g/mol. The van der Waals surface area contributed by atoms with E-state index in [4.69, 9.17) is 11.6 Å². The lowest BCUT2D eigenvalue weighted by Crippen LogP contribution is -2.30. The van der Waals surface area contributed by atoms with Crippen LogP contribution >= 0.6 is 23.4 Å². The predicted octanol–water partition coefficient (Wildman–Crippen LogP) is 4.47. The van der Waals surface area contributed by atoms with E-state index in [2.05, 4.69) is 20.2 Å². The van der Waals surface area contributed by atoms with Crippen molar-refractivity contribution in [3.05, 3.63) is 40.7 Å². The Bertz CT molecular complexity index is 773. The van der Waals surface area contributed by atoms with Crippen molar-refractivity contribution in [1.82, 2.24) is 9.97 Å². The lowest BCUT2D eigenvalue weighted by Gasteiger charge is -2.30. The molecule has 0 bridgehead atoms. The number of nitrogens with one attached hydrogen (secondary N) is 1. The summed E-state index contributed by atoms with van der Waals surface area (Å²) in [7, 11) is 0. The Balaban J connectivity index is 1.67. The highest BCUT2D eigenvalue weighted by Crippen LogP contribution is 2.31. The van der Waals surface area contributed by atoms with Gasteiger partial charge in [0.05, 0.1) is 17.1 Å². The molecule has 0 unspecified atom stereocenters. The van der Waals surface area contributed by atoms with Crippen LogP contribution in [0.15, 0.2) is 29.4 Å². The summed E-state index contributed by atoms with van der Waals surface area (Å²) in [6, 6.07) is 7.60. The molecule has 1 aliphatic rings. The second kappa shape index (κ2) is 8.73. The third-order valence-corrected chi connectivity index (χ3v) is 5.31. The van der Waals surface area contributed by atoms with Crippen molar-refractivity contribution in [3.8, 4) is 0 Å². The molecule has 1 fully saturated rings. The van der Waals surface area contributed by atoms with Gasteiger partial charge < -0.3 is 10.2 Å². The molecular weight excluding hydrogens is 368 g/mol. The van der Waals surface area contributed by atoms with Gasteiger partial charge in [-0.15, -0.1) is 0 Å². The second-order valence-electron chi connectivity index (χ2n) is 6.48. The summed E-state index contributed by atoms with van der Waals surface area (Å²) in [4.78, 5) is 23.5. The van der Waals surface area contributed by atoms with E-state index >= 15 is 0 Å². The van der Waals surface area contributed by atoms with E-state index in [1.54, 1.807) is 0 Å². The summed E-state index contributed by atoms with van der Waals surface area (Å²) in [6.45, 7) is 5.87. The van der Waals surface area contributed by atoms with Crippen LogP contribution in [0.25, 0.3) is 0 Å². The quantitative estimate of drug-likeness (QED) is 0.603. The molecule has 1 saturated heterocycles. The number of anilines is 2. The van der Waals surface area contributed by atoms with Crippen LogP contribution < -0.4 is 10.2 Å². The van der Waals surface area contributed by atoms with Gasteiger partial charge in [0, 0.05) is 29.5 Å². The maximum Gasteiger partial charge on any atom is 0.234 e. The normalized spacial score (nSPS) is 14.3. The number of benzene rings is 1. The van der Waals surface area contributed by atoms with Crippen molar-refractivity contribution in [1.29, 1.82) is 0 Å². The first-order valence-electron chi connectivity index (χ1n) is 8.81. The van der Waals surface area contributed by atoms with E-state index in [-0.39, 0.29) is 11.7 Å². The fourth-order valence-electron chi connectivity index (χ4n) is 3.09. The standard InChI is InChI=1S/C19H23ClN4OS/c1-13-10-14(2)22-19(21-13)26-12-18(25)23-16-11-15(20)6-7-17(16)24-8-4-3-5-9-24/h6-7,10-11H,3-5,8-9,12H2,1-2H3,(H,23,25). The van der Waals surface area contributed by atoms with Gasteiger partial charge in [0.15, 0.2) is 5.16 Å². The molecule has 1 aliphatic heterocycles. The fraction of sp³-hybridized carbons (Fsp3) is 0.421. The van der Waals surface area contributed by atoms with Crippen LogP contribution in [0, 0.1) is 13.8 Å². The van der Waals surface area contributed by atoms with E-state index in [0.717, 1.165) is 35.9 Å². The van der Waals surface area contributed by atoms with E-state index < -0.39 is 0 Å². The van der Waals surface area contributed by atoms with Crippen molar-refractivity contribution < 1.29 is 4.79 Å². The third-order valence-electron chi connectivity index (χ3n) is 4.22. The minimum atomic E-state index is -0.0849. The first-order valence-corrected chi connectivity index (χ1v) is 10.2. The van der Waals surface area contributed by atoms with E-state index in [1.165, 1.54) is 31.0 Å². The third kappa shape index (κ3) is 5.11. The van der Waals surface area contributed by atoms with Crippen LogP contribution in [0.1, 0.15) is 30.7 Å². The van der Waals surface area contributed by atoms with Gasteiger partial charge in [-0.25, -0.2) is 9.97 Å². The molecule has 1 aromatic heterocycles. The SMILES string of the molecule is Cc1cc(C)nc(SCC(=O)Nc2cc(Cl)ccc2N2CCCCC2)n1. The molecule has 0 spiro atoms. The molecule has 2 aromatic rings. The molecule has 1 aromatic carbocycles. The smallest absolute Gasteiger partial charge is 0.234 e. The molecule has 138 valence electrons. The molecule has 7 heteroatoms. The van der Waals surface area contributed by atoms with Crippen LogP contribution in [-0.4, -0.2) is 34.7 Å². The number of hydrogen-bond acceptors (Lipinski definition) is 5. The van der Waals surface area contributed by atoms with Crippen molar-refractivity contribution in [2.45, 2.75) is 38.3 Å². The van der Waals surface area contributed by atoms with Crippen LogP contribution in [0.4, 0.5) is 11.4 Å². The van der Waals surface area contributed by atoms with Gasteiger partial charge in [-0.2, -0.15) is 0 Å². The average Bonchev–Trinajstić information content (AvgIpc) is 2.60. The van der Waals surface area contributed by atoms with Crippen molar-refractivity contribution >= 4 is 40.6 Å². The van der Waals surface area contributed by atoms with Crippen LogP contribution in [0.3, 0.4) is 0 Å². The topological polar surface area (TPSA) is 58.1 Å². The van der Waals surface area contributed by atoms with Gasteiger partial charge in [0.2, 0.25) is 5.91 Å². The molecule has 3 rings (SSSR count). The van der Waals surface area contributed by atoms with Crippen LogP contribution in [0.5, 0.6) is 0 Å². The molecule has 0 saturated carbocycles. The second-order valence-corrected chi connectivity index (χ2v) is 7.86. The van der Waals surface area contributed by atoms with E-state index in [9.17, 15) is 4.79 Å². The molecule has 26 heavy (non-hydrogen) atoms. The number of aromatic nitrogens is 2. The number of amides is 1. The Hall–Kier alpha value is -1.79. The zero-order chi connectivity index (χ0) is 18.5. The maximum atomic E-state index is 12.5. The summed E-state index contributed by atoms with van der Waals surface area (Å²) in [5.41, 5.74) is 3.62. The zero-order valence-electron chi connectivity index (χ0n) is 15.1. The summed E-state index contributed by atoms with van der Waals surface area (Å²) < 4.78 is 0. The number of thioether (sulfide) groups is 1. The van der Waals surface area contributed by atoms with Crippen molar-refractivity contribution in [2.75, 3.05) is 29.1 Å². The Morgan fingerprint density at radius 1 is 1.15 bits per heavy atom. The molecule has 0 radical (unpaired) electrons. The predicted molar refractivity (Wildman–Crippen MR) is 108 cm³/mol. The summed E-state index contributed by atoms with van der Waals surface area (Å²) in [5, 5.41) is 4.25. The van der Waals surface area contributed by atoms with Gasteiger partial charge in [0.25, 0.3) is 0 Å². The molecule has 0 atom stereocenters. The Labute approximate surface area is 163 Å². The number of rotatable bonds is 5. The maximum absolute atomic E-state index is 12.5. The number of nitrogens with zero attached hydrogens (tertiary/aromatic N) is 3. The number of hydrogen-bond donors (Lipinski definition) is 1. The first-order chi connectivity index (χ1) is 12.5. The van der Waals surface area contributed by atoms with Gasteiger partial charge in [-0.3, -0.25) is 4.79 Å².